The van der Waals surface area contributed by atoms with E-state index in [9.17, 15) is 13.7 Å². The number of benzene rings is 2. The van der Waals surface area contributed by atoms with Crippen LogP contribution in [0.5, 0.6) is 0 Å². The van der Waals surface area contributed by atoms with Crippen LogP contribution < -0.4 is 0 Å². The summed E-state index contributed by atoms with van der Waals surface area (Å²) in [4.78, 5) is -0.689. The molecule has 2 aromatic carbocycles. The predicted octanol–water partition coefficient (Wildman–Crippen LogP) is 4.99. The molecule has 0 aromatic heterocycles. The molecule has 0 spiro atoms. The molecular formula is C15H8Cl3NO2S. The quantitative estimate of drug-likeness (QED) is 0.713. The smallest absolute Gasteiger partial charge is 0.218 e. The van der Waals surface area contributed by atoms with Gasteiger partial charge in [0, 0.05) is 10.0 Å². The second kappa shape index (κ2) is 6.72. The summed E-state index contributed by atoms with van der Waals surface area (Å²) in [6.07, 6.45) is 1.20. The zero-order valence-electron chi connectivity index (χ0n) is 10.9. The normalized spacial score (nSPS) is 12.0. The average molecular weight is 373 g/mol. The third-order valence-electron chi connectivity index (χ3n) is 2.77. The Balaban J connectivity index is 2.63. The Morgan fingerprint density at radius 1 is 1.05 bits per heavy atom. The van der Waals surface area contributed by atoms with Crippen LogP contribution in [-0.2, 0) is 9.84 Å². The van der Waals surface area contributed by atoms with Crippen LogP contribution in [0.4, 0.5) is 0 Å². The summed E-state index contributed by atoms with van der Waals surface area (Å²) >= 11 is 17.7. The predicted molar refractivity (Wildman–Crippen MR) is 88.7 cm³/mol. The zero-order valence-corrected chi connectivity index (χ0v) is 14.0. The number of rotatable bonds is 3. The number of sulfone groups is 1. The SMILES string of the molecule is N#C/C(=C\c1ccccc1Cl)S(=O)(=O)c1cc(Cl)ccc1Cl. The number of allylic oxidation sites excluding steroid dienone is 1. The molecule has 0 amide bonds. The fourth-order valence-corrected chi connectivity index (χ4v) is 3.80. The Bertz CT molecular complexity index is 899. The third-order valence-corrected chi connectivity index (χ3v) is 5.50. The Labute approximate surface area is 143 Å². The second-order valence-corrected chi connectivity index (χ2v) is 7.36. The highest BCUT2D eigenvalue weighted by Gasteiger charge is 2.24. The van der Waals surface area contributed by atoms with Gasteiger partial charge in [0.25, 0.3) is 0 Å². The first kappa shape index (κ1) is 16.9. The van der Waals surface area contributed by atoms with Crippen LogP contribution in [0.3, 0.4) is 0 Å². The summed E-state index contributed by atoms with van der Waals surface area (Å²) in [6, 6.07) is 12.3. The lowest BCUT2D eigenvalue weighted by molar-refractivity contribution is 0.603. The third kappa shape index (κ3) is 3.45. The number of hydrogen-bond acceptors (Lipinski definition) is 3. The summed E-state index contributed by atoms with van der Waals surface area (Å²) in [5.74, 6) is 0. The lowest BCUT2D eigenvalue weighted by atomic mass is 10.2. The largest absolute Gasteiger partial charge is 0.218 e. The van der Waals surface area contributed by atoms with Gasteiger partial charge < -0.3 is 0 Å². The first-order valence-electron chi connectivity index (χ1n) is 5.92. The summed E-state index contributed by atoms with van der Waals surface area (Å²) in [6.45, 7) is 0. The zero-order chi connectivity index (χ0) is 16.3. The molecular weight excluding hydrogens is 365 g/mol. The maximum absolute atomic E-state index is 12.6. The molecule has 2 aromatic rings. The van der Waals surface area contributed by atoms with Gasteiger partial charge >= 0.3 is 0 Å². The van der Waals surface area contributed by atoms with Crippen molar-refractivity contribution in [2.24, 2.45) is 0 Å². The minimum atomic E-state index is -4.09. The van der Waals surface area contributed by atoms with Crippen LogP contribution in [0.25, 0.3) is 6.08 Å². The molecule has 0 radical (unpaired) electrons. The molecule has 0 fully saturated rings. The van der Waals surface area contributed by atoms with Gasteiger partial charge in [-0.25, -0.2) is 8.42 Å². The first-order chi connectivity index (χ1) is 10.4. The Morgan fingerprint density at radius 3 is 2.36 bits per heavy atom. The van der Waals surface area contributed by atoms with Gasteiger partial charge in [0.15, 0.2) is 0 Å². The van der Waals surface area contributed by atoms with Crippen LogP contribution in [0.1, 0.15) is 5.56 Å². The fourth-order valence-electron chi connectivity index (χ4n) is 1.70. The molecule has 112 valence electrons. The summed E-state index contributed by atoms with van der Waals surface area (Å²) in [5, 5.41) is 9.75. The van der Waals surface area contributed by atoms with E-state index in [0.717, 1.165) is 0 Å². The Kier molecular flexibility index (Phi) is 5.15. The van der Waals surface area contributed by atoms with E-state index < -0.39 is 14.7 Å². The molecule has 3 nitrogen and oxygen atoms in total. The van der Waals surface area contributed by atoms with Crippen molar-refractivity contribution in [1.82, 2.24) is 0 Å². The molecule has 0 bridgehead atoms. The van der Waals surface area contributed by atoms with E-state index in [-0.39, 0.29) is 14.9 Å². The van der Waals surface area contributed by atoms with Crippen molar-refractivity contribution in [3.8, 4) is 6.07 Å². The molecule has 0 unspecified atom stereocenters. The molecule has 0 atom stereocenters. The van der Waals surface area contributed by atoms with Crippen molar-refractivity contribution in [2.45, 2.75) is 4.90 Å². The molecule has 0 heterocycles. The van der Waals surface area contributed by atoms with Crippen molar-refractivity contribution in [2.75, 3.05) is 0 Å². The molecule has 0 saturated heterocycles. The van der Waals surface area contributed by atoms with Crippen molar-refractivity contribution in [1.29, 1.82) is 5.26 Å². The standard InChI is InChI=1S/C15H8Cl3NO2S/c16-11-5-6-14(18)15(8-11)22(20,21)12(9-19)7-10-3-1-2-4-13(10)17/h1-8H/b12-7+. The van der Waals surface area contributed by atoms with E-state index in [1.807, 2.05) is 0 Å². The number of hydrogen-bond donors (Lipinski definition) is 0. The maximum atomic E-state index is 12.6. The van der Waals surface area contributed by atoms with Crippen LogP contribution in [0.2, 0.25) is 15.1 Å². The van der Waals surface area contributed by atoms with Crippen LogP contribution in [-0.4, -0.2) is 8.42 Å². The monoisotopic (exact) mass is 371 g/mol. The Morgan fingerprint density at radius 2 is 1.73 bits per heavy atom. The van der Waals surface area contributed by atoms with Gasteiger partial charge in [-0.1, -0.05) is 53.0 Å². The highest BCUT2D eigenvalue weighted by molar-refractivity contribution is 7.95. The van der Waals surface area contributed by atoms with Crippen molar-refractivity contribution >= 4 is 50.7 Å². The average Bonchev–Trinajstić information content (AvgIpc) is 2.48. The first-order valence-corrected chi connectivity index (χ1v) is 8.54. The molecule has 22 heavy (non-hydrogen) atoms. The van der Waals surface area contributed by atoms with E-state index in [4.69, 9.17) is 34.8 Å². The highest BCUT2D eigenvalue weighted by atomic mass is 35.5. The van der Waals surface area contributed by atoms with E-state index in [0.29, 0.717) is 10.6 Å². The molecule has 0 saturated carbocycles. The number of nitriles is 1. The molecule has 0 aliphatic heterocycles. The van der Waals surface area contributed by atoms with E-state index >= 15 is 0 Å². The van der Waals surface area contributed by atoms with Gasteiger partial charge in [0.2, 0.25) is 9.84 Å². The fraction of sp³-hybridized carbons (Fsp3) is 0. The molecule has 0 N–H and O–H groups in total. The van der Waals surface area contributed by atoms with E-state index in [1.54, 1.807) is 30.3 Å². The van der Waals surface area contributed by atoms with Gasteiger partial charge in [0.1, 0.15) is 11.0 Å². The lowest BCUT2D eigenvalue weighted by Gasteiger charge is -2.06. The van der Waals surface area contributed by atoms with Crippen LogP contribution in [0, 0.1) is 11.3 Å². The molecule has 7 heteroatoms. The van der Waals surface area contributed by atoms with Crippen molar-refractivity contribution in [3.63, 3.8) is 0 Å². The van der Waals surface area contributed by atoms with Gasteiger partial charge in [-0.15, -0.1) is 0 Å². The molecule has 0 aliphatic carbocycles. The minimum Gasteiger partial charge on any atom is -0.218 e. The van der Waals surface area contributed by atoms with E-state index in [1.165, 1.54) is 24.3 Å². The van der Waals surface area contributed by atoms with Crippen LogP contribution >= 0.6 is 34.8 Å². The molecule has 2 rings (SSSR count). The van der Waals surface area contributed by atoms with Gasteiger partial charge in [0.05, 0.1) is 9.92 Å². The lowest BCUT2D eigenvalue weighted by Crippen LogP contribution is -2.04. The second-order valence-electron chi connectivity index (χ2n) is 4.22. The van der Waals surface area contributed by atoms with Gasteiger partial charge in [-0.05, 0) is 35.9 Å². The molecule has 0 aliphatic rings. The topological polar surface area (TPSA) is 57.9 Å². The number of halogens is 3. The van der Waals surface area contributed by atoms with Crippen LogP contribution in [0.15, 0.2) is 52.3 Å². The minimum absolute atomic E-state index is 0.00953. The summed E-state index contributed by atoms with van der Waals surface area (Å²) < 4.78 is 25.2. The van der Waals surface area contributed by atoms with Gasteiger partial charge in [-0.2, -0.15) is 5.26 Å². The van der Waals surface area contributed by atoms with Crippen molar-refractivity contribution in [3.05, 3.63) is 68.0 Å². The maximum Gasteiger partial charge on any atom is 0.218 e. The Hall–Kier alpha value is -1.51. The van der Waals surface area contributed by atoms with Gasteiger partial charge in [-0.3, -0.25) is 0 Å². The van der Waals surface area contributed by atoms with Crippen molar-refractivity contribution < 1.29 is 8.42 Å². The number of nitrogens with zero attached hydrogens (tertiary/aromatic N) is 1. The highest BCUT2D eigenvalue weighted by Crippen LogP contribution is 2.30. The summed E-state index contributed by atoms with van der Waals surface area (Å²) in [5.41, 5.74) is 0.419. The van der Waals surface area contributed by atoms with E-state index in [2.05, 4.69) is 0 Å². The summed E-state index contributed by atoms with van der Waals surface area (Å²) in [7, 11) is -4.09.